The summed E-state index contributed by atoms with van der Waals surface area (Å²) in [4.78, 5) is 11.2. The molecule has 1 atom stereocenters. The van der Waals surface area contributed by atoms with Crippen molar-refractivity contribution in [1.29, 1.82) is 0 Å². The SMILES string of the molecule is CCC[C@H](N)CCCOc1ccccc1C(N)=O. The standard InChI is InChI=1S/C14H22N2O2/c1-2-6-11(15)7-5-10-18-13-9-4-3-8-12(13)14(16)17/h3-4,8-9,11H,2,5-7,10,15H2,1H3,(H2,16,17)/t11-/m0/s1. The Morgan fingerprint density at radius 3 is 2.72 bits per heavy atom. The largest absolute Gasteiger partial charge is 0.493 e. The van der Waals surface area contributed by atoms with Gasteiger partial charge in [-0.2, -0.15) is 0 Å². The van der Waals surface area contributed by atoms with E-state index in [0.717, 1.165) is 25.7 Å². The number of hydrogen-bond acceptors (Lipinski definition) is 3. The van der Waals surface area contributed by atoms with Crippen LogP contribution in [0.2, 0.25) is 0 Å². The van der Waals surface area contributed by atoms with Crippen molar-refractivity contribution in [3.8, 4) is 5.75 Å². The van der Waals surface area contributed by atoms with Crippen LogP contribution in [0, 0.1) is 0 Å². The number of carbonyl (C=O) groups excluding carboxylic acids is 1. The Kier molecular flexibility index (Phi) is 6.22. The second-order valence-electron chi connectivity index (χ2n) is 4.40. The van der Waals surface area contributed by atoms with Gasteiger partial charge in [0.15, 0.2) is 0 Å². The summed E-state index contributed by atoms with van der Waals surface area (Å²) in [7, 11) is 0. The minimum atomic E-state index is -0.465. The quantitative estimate of drug-likeness (QED) is 0.693. The fourth-order valence-electron chi connectivity index (χ4n) is 1.84. The van der Waals surface area contributed by atoms with Gasteiger partial charge >= 0.3 is 0 Å². The summed E-state index contributed by atoms with van der Waals surface area (Å²) in [5, 5.41) is 0. The molecular formula is C14H22N2O2. The average molecular weight is 250 g/mol. The first-order valence-electron chi connectivity index (χ1n) is 6.42. The maximum absolute atomic E-state index is 11.2. The number of rotatable bonds is 8. The van der Waals surface area contributed by atoms with Crippen molar-refractivity contribution in [1.82, 2.24) is 0 Å². The summed E-state index contributed by atoms with van der Waals surface area (Å²) in [6.07, 6.45) is 3.96. The first kappa shape index (κ1) is 14.5. The number of benzene rings is 1. The highest BCUT2D eigenvalue weighted by Crippen LogP contribution is 2.17. The number of carbonyl (C=O) groups is 1. The Morgan fingerprint density at radius 1 is 1.33 bits per heavy atom. The number of amides is 1. The zero-order chi connectivity index (χ0) is 13.4. The molecule has 1 aromatic rings. The summed E-state index contributed by atoms with van der Waals surface area (Å²) >= 11 is 0. The molecule has 0 aliphatic rings. The molecule has 0 bridgehead atoms. The topological polar surface area (TPSA) is 78.3 Å². The maximum Gasteiger partial charge on any atom is 0.252 e. The van der Waals surface area contributed by atoms with E-state index in [2.05, 4.69) is 6.92 Å². The normalized spacial score (nSPS) is 12.1. The van der Waals surface area contributed by atoms with E-state index in [9.17, 15) is 4.79 Å². The molecule has 18 heavy (non-hydrogen) atoms. The van der Waals surface area contributed by atoms with Crippen LogP contribution in [0.3, 0.4) is 0 Å². The predicted octanol–water partition coefficient (Wildman–Crippen LogP) is 2.07. The van der Waals surface area contributed by atoms with Crippen molar-refractivity contribution in [3.05, 3.63) is 29.8 Å². The number of ether oxygens (including phenoxy) is 1. The third-order valence-corrected chi connectivity index (χ3v) is 2.79. The smallest absolute Gasteiger partial charge is 0.252 e. The molecule has 1 aromatic carbocycles. The molecule has 1 amide bonds. The molecule has 1 rings (SSSR count). The Hall–Kier alpha value is -1.55. The van der Waals surface area contributed by atoms with E-state index in [1.807, 2.05) is 6.07 Å². The second-order valence-corrected chi connectivity index (χ2v) is 4.40. The minimum Gasteiger partial charge on any atom is -0.493 e. The zero-order valence-electron chi connectivity index (χ0n) is 10.9. The van der Waals surface area contributed by atoms with Gasteiger partial charge in [0.1, 0.15) is 5.75 Å². The van der Waals surface area contributed by atoms with Gasteiger partial charge in [0.2, 0.25) is 0 Å². The van der Waals surface area contributed by atoms with Crippen LogP contribution in [0.5, 0.6) is 5.75 Å². The van der Waals surface area contributed by atoms with Crippen LogP contribution in [0.1, 0.15) is 43.0 Å². The lowest BCUT2D eigenvalue weighted by Crippen LogP contribution is -2.20. The maximum atomic E-state index is 11.2. The monoisotopic (exact) mass is 250 g/mol. The van der Waals surface area contributed by atoms with E-state index in [1.165, 1.54) is 0 Å². The Morgan fingerprint density at radius 2 is 2.06 bits per heavy atom. The van der Waals surface area contributed by atoms with Crippen molar-refractivity contribution in [2.24, 2.45) is 11.5 Å². The first-order chi connectivity index (χ1) is 8.65. The number of primary amides is 1. The molecule has 0 heterocycles. The van der Waals surface area contributed by atoms with Gasteiger partial charge in [-0.1, -0.05) is 25.5 Å². The number of para-hydroxylation sites is 1. The van der Waals surface area contributed by atoms with Gasteiger partial charge in [0.05, 0.1) is 12.2 Å². The van der Waals surface area contributed by atoms with Gasteiger partial charge in [0.25, 0.3) is 5.91 Å². The van der Waals surface area contributed by atoms with Crippen LogP contribution < -0.4 is 16.2 Å². The third kappa shape index (κ3) is 4.75. The van der Waals surface area contributed by atoms with Crippen LogP contribution in [0.15, 0.2) is 24.3 Å². The molecule has 4 N–H and O–H groups in total. The average Bonchev–Trinajstić information content (AvgIpc) is 2.35. The molecule has 0 unspecified atom stereocenters. The van der Waals surface area contributed by atoms with Crippen LogP contribution in [-0.2, 0) is 0 Å². The highest BCUT2D eigenvalue weighted by atomic mass is 16.5. The summed E-state index contributed by atoms with van der Waals surface area (Å²) in [5.74, 6) is 0.0855. The fraction of sp³-hybridized carbons (Fsp3) is 0.500. The molecule has 4 nitrogen and oxygen atoms in total. The molecule has 0 fully saturated rings. The van der Waals surface area contributed by atoms with Crippen molar-refractivity contribution in [2.75, 3.05) is 6.61 Å². The molecule has 0 saturated heterocycles. The Labute approximate surface area is 108 Å². The van der Waals surface area contributed by atoms with Gasteiger partial charge in [0, 0.05) is 6.04 Å². The minimum absolute atomic E-state index is 0.241. The van der Waals surface area contributed by atoms with Gasteiger partial charge < -0.3 is 16.2 Å². The van der Waals surface area contributed by atoms with Crippen LogP contribution >= 0.6 is 0 Å². The first-order valence-corrected chi connectivity index (χ1v) is 6.42. The molecule has 0 spiro atoms. The lowest BCUT2D eigenvalue weighted by atomic mass is 10.1. The van der Waals surface area contributed by atoms with E-state index in [1.54, 1.807) is 18.2 Å². The van der Waals surface area contributed by atoms with Gasteiger partial charge in [-0.05, 0) is 31.4 Å². The van der Waals surface area contributed by atoms with Crippen LogP contribution in [-0.4, -0.2) is 18.6 Å². The Bertz CT molecular complexity index is 380. The predicted molar refractivity (Wildman–Crippen MR) is 72.6 cm³/mol. The highest BCUT2D eigenvalue weighted by molar-refractivity contribution is 5.95. The van der Waals surface area contributed by atoms with Gasteiger partial charge in [-0.3, -0.25) is 4.79 Å². The zero-order valence-corrected chi connectivity index (χ0v) is 10.9. The summed E-state index contributed by atoms with van der Waals surface area (Å²) in [6.45, 7) is 2.68. The van der Waals surface area contributed by atoms with E-state index >= 15 is 0 Å². The Balaban J connectivity index is 2.37. The van der Waals surface area contributed by atoms with Crippen LogP contribution in [0.4, 0.5) is 0 Å². The summed E-state index contributed by atoms with van der Waals surface area (Å²) in [5.41, 5.74) is 11.6. The van der Waals surface area contributed by atoms with E-state index in [4.69, 9.17) is 16.2 Å². The highest BCUT2D eigenvalue weighted by Gasteiger charge is 2.08. The number of nitrogens with two attached hydrogens (primary N) is 2. The van der Waals surface area contributed by atoms with Crippen molar-refractivity contribution in [2.45, 2.75) is 38.6 Å². The van der Waals surface area contributed by atoms with Gasteiger partial charge in [-0.25, -0.2) is 0 Å². The van der Waals surface area contributed by atoms with E-state index < -0.39 is 5.91 Å². The van der Waals surface area contributed by atoms with E-state index in [-0.39, 0.29) is 6.04 Å². The second kappa shape index (κ2) is 7.71. The summed E-state index contributed by atoms with van der Waals surface area (Å²) < 4.78 is 5.57. The van der Waals surface area contributed by atoms with Crippen molar-refractivity contribution < 1.29 is 9.53 Å². The molecule has 4 heteroatoms. The molecule has 0 aliphatic heterocycles. The van der Waals surface area contributed by atoms with E-state index in [0.29, 0.717) is 17.9 Å². The fourth-order valence-corrected chi connectivity index (χ4v) is 1.84. The van der Waals surface area contributed by atoms with Crippen molar-refractivity contribution in [3.63, 3.8) is 0 Å². The number of hydrogen-bond donors (Lipinski definition) is 2. The summed E-state index contributed by atoms with van der Waals surface area (Å²) in [6, 6.07) is 7.26. The lowest BCUT2D eigenvalue weighted by Gasteiger charge is -2.12. The molecule has 0 saturated carbocycles. The van der Waals surface area contributed by atoms with Crippen LogP contribution in [0.25, 0.3) is 0 Å². The van der Waals surface area contributed by atoms with Crippen molar-refractivity contribution >= 4 is 5.91 Å². The molecule has 100 valence electrons. The molecule has 0 radical (unpaired) electrons. The molecule has 0 aromatic heterocycles. The van der Waals surface area contributed by atoms with Gasteiger partial charge in [-0.15, -0.1) is 0 Å². The molecular weight excluding hydrogens is 228 g/mol. The lowest BCUT2D eigenvalue weighted by molar-refractivity contribution is 0.0996. The third-order valence-electron chi connectivity index (χ3n) is 2.79. The molecule has 0 aliphatic carbocycles.